The summed E-state index contributed by atoms with van der Waals surface area (Å²) in [6.45, 7) is 5.50. The molecule has 7 heteroatoms. The highest BCUT2D eigenvalue weighted by atomic mass is 19.1. The molecule has 0 fully saturated rings. The zero-order chi connectivity index (χ0) is 23.0. The van der Waals surface area contributed by atoms with Crippen molar-refractivity contribution >= 4 is 0 Å². The van der Waals surface area contributed by atoms with E-state index >= 15 is 0 Å². The van der Waals surface area contributed by atoms with Gasteiger partial charge in [0.2, 0.25) is 0 Å². The van der Waals surface area contributed by atoms with Crippen molar-refractivity contribution in [2.24, 2.45) is 0 Å². The number of aryl methyl sites for hydroxylation is 2. The maximum Gasteiger partial charge on any atom is 0.257 e. The molecule has 0 spiro atoms. The number of benzene rings is 2. The van der Waals surface area contributed by atoms with Crippen molar-refractivity contribution in [3.05, 3.63) is 117 Å². The fraction of sp³-hybridized carbons (Fsp3) is 0.200. The van der Waals surface area contributed by atoms with Gasteiger partial charge in [-0.3, -0.25) is 4.79 Å². The fourth-order valence-electron chi connectivity index (χ4n) is 3.84. The van der Waals surface area contributed by atoms with Crippen LogP contribution in [0.15, 0.2) is 72.0 Å². The highest BCUT2D eigenvalue weighted by Gasteiger charge is 2.21. The molecule has 4 aromatic rings. The van der Waals surface area contributed by atoms with Gasteiger partial charge < -0.3 is 14.2 Å². The molecule has 2 aromatic heterocycles. The van der Waals surface area contributed by atoms with E-state index in [-0.39, 0.29) is 5.56 Å². The first-order valence-electron chi connectivity index (χ1n) is 10.2. The SMILES string of the molecule is Cc1cn(-c2ccc(C(O)c3cc(F)cn([C@@H](C)c4ccc(F)cc4)c3=O)cc2C)cn1. The number of halogens is 2. The molecule has 0 amide bonds. The highest BCUT2D eigenvalue weighted by molar-refractivity contribution is 5.45. The molecule has 0 bridgehead atoms. The Hall–Kier alpha value is -3.58. The third kappa shape index (κ3) is 4.11. The minimum atomic E-state index is -1.30. The molecule has 0 aliphatic carbocycles. The van der Waals surface area contributed by atoms with E-state index in [2.05, 4.69) is 4.98 Å². The first kappa shape index (κ1) is 21.6. The normalized spacial score (nSPS) is 13.2. The lowest BCUT2D eigenvalue weighted by molar-refractivity contribution is 0.216. The van der Waals surface area contributed by atoms with E-state index < -0.39 is 29.3 Å². The molecule has 0 aliphatic rings. The van der Waals surface area contributed by atoms with Crippen LogP contribution in [0.3, 0.4) is 0 Å². The second-order valence-electron chi connectivity index (χ2n) is 7.92. The molecule has 1 N–H and O–H groups in total. The van der Waals surface area contributed by atoms with Crippen LogP contribution in [0.25, 0.3) is 5.69 Å². The van der Waals surface area contributed by atoms with Crippen molar-refractivity contribution in [3.63, 3.8) is 0 Å². The Morgan fingerprint density at radius 3 is 2.25 bits per heavy atom. The predicted molar refractivity (Wildman–Crippen MR) is 118 cm³/mol. The van der Waals surface area contributed by atoms with Gasteiger partial charge in [-0.25, -0.2) is 13.8 Å². The standard InChI is InChI=1S/C25H23F2N3O2/c1-15-10-19(6-9-23(15)29-12-16(2)28-14-29)24(31)22-11-21(27)13-30(25(22)32)17(3)18-4-7-20(26)8-5-18/h4-14,17,24,31H,1-3H3/t17-,24?/m0/s1. The minimum Gasteiger partial charge on any atom is -0.383 e. The van der Waals surface area contributed by atoms with Gasteiger partial charge in [-0.2, -0.15) is 0 Å². The summed E-state index contributed by atoms with van der Waals surface area (Å²) in [6.07, 6.45) is 3.39. The molecule has 2 atom stereocenters. The van der Waals surface area contributed by atoms with Crippen molar-refractivity contribution in [3.8, 4) is 5.69 Å². The Balaban J connectivity index is 1.71. The van der Waals surface area contributed by atoms with Gasteiger partial charge in [0.1, 0.15) is 17.7 Å². The minimum absolute atomic E-state index is 0.0652. The molecule has 32 heavy (non-hydrogen) atoms. The van der Waals surface area contributed by atoms with Crippen molar-refractivity contribution < 1.29 is 13.9 Å². The average Bonchev–Trinajstić information content (AvgIpc) is 3.20. The molecule has 1 unspecified atom stereocenters. The van der Waals surface area contributed by atoms with E-state index in [4.69, 9.17) is 0 Å². The summed E-state index contributed by atoms with van der Waals surface area (Å²) >= 11 is 0. The summed E-state index contributed by atoms with van der Waals surface area (Å²) < 4.78 is 30.8. The molecule has 0 aliphatic heterocycles. The van der Waals surface area contributed by atoms with Gasteiger partial charge in [0.05, 0.1) is 23.6 Å². The van der Waals surface area contributed by atoms with Crippen LogP contribution < -0.4 is 5.56 Å². The monoisotopic (exact) mass is 435 g/mol. The summed E-state index contributed by atoms with van der Waals surface area (Å²) in [7, 11) is 0. The number of hydrogen-bond acceptors (Lipinski definition) is 3. The number of hydrogen-bond donors (Lipinski definition) is 1. The van der Waals surface area contributed by atoms with E-state index in [0.717, 1.165) is 29.2 Å². The summed E-state index contributed by atoms with van der Waals surface area (Å²) in [5, 5.41) is 11.0. The number of imidazole rings is 1. The Labute approximate surface area is 184 Å². The van der Waals surface area contributed by atoms with Crippen LogP contribution >= 0.6 is 0 Å². The van der Waals surface area contributed by atoms with Crippen molar-refractivity contribution in [2.75, 3.05) is 0 Å². The molecular formula is C25H23F2N3O2. The van der Waals surface area contributed by atoms with Crippen LogP contribution in [-0.4, -0.2) is 19.2 Å². The largest absolute Gasteiger partial charge is 0.383 e. The number of aliphatic hydroxyl groups excluding tert-OH is 1. The lowest BCUT2D eigenvalue weighted by atomic mass is 9.99. The molecule has 164 valence electrons. The van der Waals surface area contributed by atoms with Crippen molar-refractivity contribution in [2.45, 2.75) is 32.9 Å². The topological polar surface area (TPSA) is 60.0 Å². The summed E-state index contributed by atoms with van der Waals surface area (Å²) in [5.41, 5.74) is 3.19. The summed E-state index contributed by atoms with van der Waals surface area (Å²) in [6, 6.07) is 11.5. The molecule has 0 saturated carbocycles. The smallest absolute Gasteiger partial charge is 0.257 e. The zero-order valence-corrected chi connectivity index (χ0v) is 18.0. The average molecular weight is 435 g/mol. The maximum atomic E-state index is 14.4. The molecule has 2 aromatic carbocycles. The van der Waals surface area contributed by atoms with Gasteiger partial charge in [0.15, 0.2) is 0 Å². The number of rotatable bonds is 5. The Morgan fingerprint density at radius 1 is 0.938 bits per heavy atom. The Kier molecular flexibility index (Phi) is 5.76. The van der Waals surface area contributed by atoms with E-state index in [1.165, 1.54) is 16.7 Å². The molecule has 4 rings (SSSR count). The van der Waals surface area contributed by atoms with Crippen LogP contribution in [0.5, 0.6) is 0 Å². The lowest BCUT2D eigenvalue weighted by Gasteiger charge is -2.19. The van der Waals surface area contributed by atoms with Gasteiger partial charge >= 0.3 is 0 Å². The van der Waals surface area contributed by atoms with Gasteiger partial charge in [-0.1, -0.05) is 24.3 Å². The van der Waals surface area contributed by atoms with Crippen molar-refractivity contribution in [1.82, 2.24) is 14.1 Å². The lowest BCUT2D eigenvalue weighted by Crippen LogP contribution is -2.29. The van der Waals surface area contributed by atoms with Crippen molar-refractivity contribution in [1.29, 1.82) is 0 Å². The van der Waals surface area contributed by atoms with Crippen LogP contribution in [0.1, 0.15) is 47.0 Å². The first-order chi connectivity index (χ1) is 15.2. The van der Waals surface area contributed by atoms with E-state index in [1.807, 2.05) is 30.7 Å². The van der Waals surface area contributed by atoms with Crippen LogP contribution in [0.4, 0.5) is 8.78 Å². The second-order valence-corrected chi connectivity index (χ2v) is 7.92. The van der Waals surface area contributed by atoms with Crippen LogP contribution in [-0.2, 0) is 0 Å². The van der Waals surface area contributed by atoms with E-state index in [1.54, 1.807) is 37.5 Å². The van der Waals surface area contributed by atoms with Gasteiger partial charge in [0, 0.05) is 18.1 Å². The summed E-state index contributed by atoms with van der Waals surface area (Å²) in [4.78, 5) is 17.4. The van der Waals surface area contributed by atoms with Crippen LogP contribution in [0, 0.1) is 25.5 Å². The number of aliphatic hydroxyl groups is 1. The van der Waals surface area contributed by atoms with Gasteiger partial charge in [-0.15, -0.1) is 0 Å². The molecule has 5 nitrogen and oxygen atoms in total. The van der Waals surface area contributed by atoms with Gasteiger partial charge in [0.25, 0.3) is 5.56 Å². The molecule has 0 radical (unpaired) electrons. The number of pyridine rings is 1. The Bertz CT molecular complexity index is 1330. The molecule has 2 heterocycles. The fourth-order valence-corrected chi connectivity index (χ4v) is 3.84. The first-order valence-corrected chi connectivity index (χ1v) is 10.2. The molecule has 0 saturated heterocycles. The third-order valence-corrected chi connectivity index (χ3v) is 5.63. The molecular weight excluding hydrogens is 412 g/mol. The zero-order valence-electron chi connectivity index (χ0n) is 18.0. The highest BCUT2D eigenvalue weighted by Crippen LogP contribution is 2.25. The second kappa shape index (κ2) is 8.51. The Morgan fingerprint density at radius 2 is 1.62 bits per heavy atom. The quantitative estimate of drug-likeness (QED) is 0.498. The van der Waals surface area contributed by atoms with Gasteiger partial charge in [-0.05, 0) is 61.7 Å². The van der Waals surface area contributed by atoms with Crippen LogP contribution in [0.2, 0.25) is 0 Å². The summed E-state index contributed by atoms with van der Waals surface area (Å²) in [5.74, 6) is -1.04. The third-order valence-electron chi connectivity index (χ3n) is 5.63. The predicted octanol–water partition coefficient (Wildman–Crippen LogP) is 4.62. The van der Waals surface area contributed by atoms with E-state index in [0.29, 0.717) is 11.1 Å². The number of nitrogens with zero attached hydrogens (tertiary/aromatic N) is 3. The number of aromatic nitrogens is 3. The maximum absolute atomic E-state index is 14.4. The van der Waals surface area contributed by atoms with E-state index in [9.17, 15) is 18.7 Å².